The number of aliphatic imine (C=N–C) groups is 1. The van der Waals surface area contributed by atoms with Crippen molar-refractivity contribution < 1.29 is 0 Å². The first-order valence-electron chi connectivity index (χ1n) is 5.53. The van der Waals surface area contributed by atoms with Gasteiger partial charge in [-0.05, 0) is 18.1 Å². The Hall–Kier alpha value is -0.380. The van der Waals surface area contributed by atoms with Gasteiger partial charge in [-0.3, -0.25) is 4.99 Å². The molecule has 0 aliphatic carbocycles. The second kappa shape index (κ2) is 5.10. The maximum Gasteiger partial charge on any atom is 0.191 e. The molecule has 4 heteroatoms. The van der Waals surface area contributed by atoms with E-state index in [9.17, 15) is 0 Å². The number of rotatable bonds is 3. The molecule has 1 fully saturated rings. The van der Waals surface area contributed by atoms with Gasteiger partial charge in [-0.15, -0.1) is 0 Å². The van der Waals surface area contributed by atoms with Crippen molar-refractivity contribution in [1.82, 2.24) is 4.90 Å². The number of hydrogen-bond acceptors (Lipinski definition) is 2. The summed E-state index contributed by atoms with van der Waals surface area (Å²) >= 11 is 1.88. The summed E-state index contributed by atoms with van der Waals surface area (Å²) in [4.78, 5) is 6.62. The van der Waals surface area contributed by atoms with Crippen molar-refractivity contribution in [2.75, 3.05) is 25.9 Å². The van der Waals surface area contributed by atoms with Crippen LogP contribution in [0, 0.1) is 5.41 Å². The molecule has 1 heterocycles. The fourth-order valence-electron chi connectivity index (χ4n) is 1.52. The molecule has 0 spiro atoms. The summed E-state index contributed by atoms with van der Waals surface area (Å²) < 4.78 is 0. The van der Waals surface area contributed by atoms with Crippen LogP contribution in [0.15, 0.2) is 4.99 Å². The quantitative estimate of drug-likeness (QED) is 0.592. The maximum absolute atomic E-state index is 5.89. The number of guanidine groups is 1. The zero-order valence-electron chi connectivity index (χ0n) is 10.3. The Labute approximate surface area is 97.5 Å². The third-order valence-electron chi connectivity index (χ3n) is 2.85. The molecule has 0 aromatic carbocycles. The smallest absolute Gasteiger partial charge is 0.191 e. The van der Waals surface area contributed by atoms with Gasteiger partial charge >= 0.3 is 0 Å². The molecule has 1 rings (SSSR count). The topological polar surface area (TPSA) is 41.6 Å². The van der Waals surface area contributed by atoms with Gasteiger partial charge < -0.3 is 10.6 Å². The van der Waals surface area contributed by atoms with Crippen LogP contribution >= 0.6 is 11.8 Å². The number of nitrogens with zero attached hydrogens (tertiary/aromatic N) is 2. The van der Waals surface area contributed by atoms with Crippen LogP contribution in [0.25, 0.3) is 0 Å². The first-order valence-corrected chi connectivity index (χ1v) is 6.81. The highest BCUT2D eigenvalue weighted by molar-refractivity contribution is 7.99. The molecular formula is C11H23N3S. The average molecular weight is 229 g/mol. The van der Waals surface area contributed by atoms with Crippen LogP contribution in [0.5, 0.6) is 0 Å². The minimum absolute atomic E-state index is 0.290. The van der Waals surface area contributed by atoms with Crippen LogP contribution in [0.2, 0.25) is 0 Å². The Morgan fingerprint density at radius 3 is 2.40 bits per heavy atom. The van der Waals surface area contributed by atoms with Gasteiger partial charge in [0.1, 0.15) is 0 Å². The van der Waals surface area contributed by atoms with Gasteiger partial charge in [-0.25, -0.2) is 0 Å². The summed E-state index contributed by atoms with van der Waals surface area (Å²) in [5, 5.41) is 0.539. The monoisotopic (exact) mass is 229 g/mol. The van der Waals surface area contributed by atoms with Crippen LogP contribution in [0.1, 0.15) is 27.2 Å². The minimum Gasteiger partial charge on any atom is -0.370 e. The van der Waals surface area contributed by atoms with Crippen molar-refractivity contribution in [3.63, 3.8) is 0 Å². The molecule has 1 aliphatic rings. The summed E-state index contributed by atoms with van der Waals surface area (Å²) in [5.41, 5.74) is 6.18. The van der Waals surface area contributed by atoms with Gasteiger partial charge in [-0.1, -0.05) is 20.8 Å². The fourth-order valence-corrected chi connectivity index (χ4v) is 2.45. The molecule has 0 saturated carbocycles. The van der Waals surface area contributed by atoms with E-state index >= 15 is 0 Å². The van der Waals surface area contributed by atoms with Gasteiger partial charge in [-0.2, -0.15) is 11.8 Å². The lowest BCUT2D eigenvalue weighted by Gasteiger charge is -2.33. The van der Waals surface area contributed by atoms with Gasteiger partial charge in [0.05, 0.1) is 6.54 Å². The predicted molar refractivity (Wildman–Crippen MR) is 69.4 cm³/mol. The maximum atomic E-state index is 5.89. The van der Waals surface area contributed by atoms with Crippen molar-refractivity contribution in [2.24, 2.45) is 16.1 Å². The fraction of sp³-hybridized carbons (Fsp3) is 0.909. The summed E-state index contributed by atoms with van der Waals surface area (Å²) in [6.45, 7) is 9.74. The molecule has 1 saturated heterocycles. The third-order valence-corrected chi connectivity index (χ3v) is 4.27. The normalized spacial score (nSPS) is 20.0. The lowest BCUT2D eigenvalue weighted by Crippen LogP contribution is -2.46. The van der Waals surface area contributed by atoms with E-state index in [1.165, 1.54) is 6.42 Å². The van der Waals surface area contributed by atoms with Crippen molar-refractivity contribution in [3.8, 4) is 0 Å². The summed E-state index contributed by atoms with van der Waals surface area (Å²) in [7, 11) is 0. The molecule has 88 valence electrons. The van der Waals surface area contributed by atoms with Gasteiger partial charge in [0.2, 0.25) is 0 Å². The number of likely N-dealkylation sites (tertiary alicyclic amines) is 1. The van der Waals surface area contributed by atoms with E-state index in [1.54, 1.807) is 0 Å². The second-order valence-corrected chi connectivity index (χ2v) is 6.17. The molecule has 15 heavy (non-hydrogen) atoms. The molecule has 0 bridgehead atoms. The molecule has 0 radical (unpaired) electrons. The molecule has 0 aromatic heterocycles. The Morgan fingerprint density at radius 1 is 1.47 bits per heavy atom. The number of hydrogen-bond donors (Lipinski definition) is 1. The highest BCUT2D eigenvalue weighted by atomic mass is 32.2. The lowest BCUT2D eigenvalue weighted by molar-refractivity contribution is 0.295. The highest BCUT2D eigenvalue weighted by Crippen LogP contribution is 2.28. The summed E-state index contributed by atoms with van der Waals surface area (Å²) in [6, 6.07) is 0. The minimum atomic E-state index is 0.290. The SMILES string of the molecule is CSC(CN=C(N)N1CCC1)C(C)(C)C. The predicted octanol–water partition coefficient (Wildman–Crippen LogP) is 1.78. The molecule has 2 N–H and O–H groups in total. The van der Waals surface area contributed by atoms with Gasteiger partial charge in [0.25, 0.3) is 0 Å². The van der Waals surface area contributed by atoms with Crippen LogP contribution in [-0.2, 0) is 0 Å². The van der Waals surface area contributed by atoms with Crippen LogP contribution < -0.4 is 5.73 Å². The molecule has 0 amide bonds. The van der Waals surface area contributed by atoms with Crippen LogP contribution in [-0.4, -0.2) is 42.0 Å². The molecule has 1 aliphatic heterocycles. The summed E-state index contributed by atoms with van der Waals surface area (Å²) in [6.07, 6.45) is 3.40. The molecule has 0 aromatic rings. The third kappa shape index (κ3) is 3.59. The summed E-state index contributed by atoms with van der Waals surface area (Å²) in [5.74, 6) is 0.726. The van der Waals surface area contributed by atoms with Gasteiger partial charge in [0, 0.05) is 18.3 Å². The molecule has 1 atom stereocenters. The first-order chi connectivity index (χ1) is 6.95. The number of thioether (sulfide) groups is 1. The second-order valence-electron chi connectivity index (χ2n) is 5.13. The Morgan fingerprint density at radius 2 is 2.07 bits per heavy atom. The molecule has 1 unspecified atom stereocenters. The molecule has 3 nitrogen and oxygen atoms in total. The van der Waals surface area contributed by atoms with E-state index in [1.807, 2.05) is 11.8 Å². The first kappa shape index (κ1) is 12.7. The Bertz CT molecular complexity index is 228. The van der Waals surface area contributed by atoms with E-state index in [0.717, 1.165) is 25.6 Å². The average Bonchev–Trinajstić information content (AvgIpc) is 1.99. The van der Waals surface area contributed by atoms with E-state index < -0.39 is 0 Å². The standard InChI is InChI=1S/C11H23N3S/c1-11(2,3)9(15-4)8-13-10(12)14-6-5-7-14/h9H,5-8H2,1-4H3,(H2,12,13). The van der Waals surface area contributed by atoms with Crippen molar-refractivity contribution >= 4 is 17.7 Å². The highest BCUT2D eigenvalue weighted by Gasteiger charge is 2.24. The lowest BCUT2D eigenvalue weighted by atomic mass is 9.92. The largest absolute Gasteiger partial charge is 0.370 e. The van der Waals surface area contributed by atoms with Gasteiger partial charge in [0.15, 0.2) is 5.96 Å². The van der Waals surface area contributed by atoms with Crippen molar-refractivity contribution in [2.45, 2.75) is 32.4 Å². The molecular weight excluding hydrogens is 206 g/mol. The van der Waals surface area contributed by atoms with E-state index in [2.05, 4.69) is 36.9 Å². The zero-order valence-corrected chi connectivity index (χ0v) is 11.1. The van der Waals surface area contributed by atoms with E-state index in [4.69, 9.17) is 5.73 Å². The van der Waals surface area contributed by atoms with Crippen molar-refractivity contribution in [3.05, 3.63) is 0 Å². The van der Waals surface area contributed by atoms with Crippen LogP contribution in [0.3, 0.4) is 0 Å². The van der Waals surface area contributed by atoms with Crippen molar-refractivity contribution in [1.29, 1.82) is 0 Å². The number of nitrogens with two attached hydrogens (primary N) is 1. The van der Waals surface area contributed by atoms with Crippen LogP contribution in [0.4, 0.5) is 0 Å². The Kier molecular flexibility index (Phi) is 4.32. The van der Waals surface area contributed by atoms with E-state index in [-0.39, 0.29) is 5.41 Å². The van der Waals surface area contributed by atoms with E-state index in [0.29, 0.717) is 5.25 Å². The zero-order chi connectivity index (χ0) is 11.5. The Balaban J connectivity index is 2.45.